The fraction of sp³-hybridized carbons (Fsp3) is 0.621. The summed E-state index contributed by atoms with van der Waals surface area (Å²) in [6.07, 6.45) is 6.61. The van der Waals surface area contributed by atoms with Crippen molar-refractivity contribution in [2.24, 2.45) is 11.3 Å². The molecule has 0 spiro atoms. The summed E-state index contributed by atoms with van der Waals surface area (Å²) >= 11 is 6.33. The van der Waals surface area contributed by atoms with E-state index < -0.39 is 0 Å². The molecule has 0 radical (unpaired) electrons. The van der Waals surface area contributed by atoms with Crippen LogP contribution < -0.4 is 5.32 Å². The number of methoxy groups -OCH3 is 1. The van der Waals surface area contributed by atoms with Crippen molar-refractivity contribution in [3.63, 3.8) is 0 Å². The number of carbonyl (C=O) groups excluding carboxylic acids is 2. The number of rotatable bonds is 10. The van der Waals surface area contributed by atoms with E-state index in [1.165, 1.54) is 19.1 Å². The molecule has 36 heavy (non-hydrogen) atoms. The molecule has 1 aromatic carbocycles. The average molecular weight is 515 g/mol. The van der Waals surface area contributed by atoms with E-state index in [-0.39, 0.29) is 30.6 Å². The molecule has 6 nitrogen and oxygen atoms in total. The van der Waals surface area contributed by atoms with Gasteiger partial charge < -0.3 is 14.6 Å². The summed E-state index contributed by atoms with van der Waals surface area (Å²) in [7, 11) is 1.39. The molecule has 2 aliphatic rings. The maximum absolute atomic E-state index is 13.1. The molecule has 1 amide bonds. The molecule has 1 atom stereocenters. The molecule has 1 aromatic heterocycles. The number of nitrogens with one attached hydrogen (secondary N) is 1. The maximum Gasteiger partial charge on any atom is 0.305 e. The smallest absolute Gasteiger partial charge is 0.305 e. The Bertz CT molecular complexity index is 1090. The molecule has 7 heteroatoms. The average Bonchev–Trinajstić information content (AvgIpc) is 3.53. The number of nitrogens with zero attached hydrogens (tertiary/aromatic N) is 1. The molecular formula is C29H39ClN2O4. The first kappa shape index (κ1) is 26.7. The number of hydrogen-bond donors (Lipinski definition) is 1. The molecule has 2 saturated carbocycles. The Morgan fingerprint density at radius 1 is 1.22 bits per heavy atom. The number of carbonyl (C=O) groups is 2. The molecule has 1 heterocycles. The van der Waals surface area contributed by atoms with Gasteiger partial charge in [-0.1, -0.05) is 43.6 Å². The lowest BCUT2D eigenvalue weighted by Gasteiger charge is -2.38. The van der Waals surface area contributed by atoms with Gasteiger partial charge in [0.2, 0.25) is 5.91 Å². The van der Waals surface area contributed by atoms with Gasteiger partial charge in [0.05, 0.1) is 23.5 Å². The predicted octanol–water partition coefficient (Wildman–Crippen LogP) is 7.51. The third-order valence-corrected chi connectivity index (χ3v) is 7.73. The Balaban J connectivity index is 1.52. The van der Waals surface area contributed by atoms with Crippen molar-refractivity contribution in [2.75, 3.05) is 12.4 Å². The van der Waals surface area contributed by atoms with Crippen LogP contribution in [-0.4, -0.2) is 24.1 Å². The lowest BCUT2D eigenvalue weighted by Crippen LogP contribution is -2.27. The van der Waals surface area contributed by atoms with Crippen LogP contribution in [0.1, 0.15) is 112 Å². The number of esters is 1. The summed E-state index contributed by atoms with van der Waals surface area (Å²) in [6.45, 7) is 8.84. The summed E-state index contributed by atoms with van der Waals surface area (Å²) in [6, 6.07) is 5.55. The number of aromatic nitrogens is 1. The zero-order chi connectivity index (χ0) is 26.0. The lowest BCUT2D eigenvalue weighted by molar-refractivity contribution is -0.141. The fourth-order valence-corrected chi connectivity index (χ4v) is 5.83. The van der Waals surface area contributed by atoms with Gasteiger partial charge in [0.1, 0.15) is 5.76 Å². The summed E-state index contributed by atoms with van der Waals surface area (Å²) in [5.41, 5.74) is 4.22. The van der Waals surface area contributed by atoms with E-state index in [9.17, 15) is 9.59 Å². The van der Waals surface area contributed by atoms with Gasteiger partial charge in [-0.05, 0) is 80.4 Å². The highest BCUT2D eigenvalue weighted by Crippen LogP contribution is 2.53. The van der Waals surface area contributed by atoms with Gasteiger partial charge in [-0.25, -0.2) is 0 Å². The quantitative estimate of drug-likeness (QED) is 0.332. The summed E-state index contributed by atoms with van der Waals surface area (Å²) < 4.78 is 10.9. The van der Waals surface area contributed by atoms with Gasteiger partial charge >= 0.3 is 5.97 Å². The number of ether oxygens (including phenoxy) is 1. The van der Waals surface area contributed by atoms with Crippen LogP contribution in [0, 0.1) is 18.3 Å². The van der Waals surface area contributed by atoms with Gasteiger partial charge in [0.25, 0.3) is 0 Å². The Morgan fingerprint density at radius 3 is 2.56 bits per heavy atom. The van der Waals surface area contributed by atoms with Crippen LogP contribution in [0.3, 0.4) is 0 Å². The third kappa shape index (κ3) is 6.70. The maximum atomic E-state index is 13.1. The fourth-order valence-electron chi connectivity index (χ4n) is 5.55. The zero-order valence-corrected chi connectivity index (χ0v) is 22.9. The van der Waals surface area contributed by atoms with Gasteiger partial charge in [-0.3, -0.25) is 9.59 Å². The molecule has 196 valence electrons. The lowest BCUT2D eigenvalue weighted by atomic mass is 9.66. The van der Waals surface area contributed by atoms with Crippen LogP contribution in [0.25, 0.3) is 0 Å². The van der Waals surface area contributed by atoms with Crippen molar-refractivity contribution in [1.29, 1.82) is 0 Å². The minimum Gasteiger partial charge on any atom is -0.469 e. The molecule has 0 unspecified atom stereocenters. The summed E-state index contributed by atoms with van der Waals surface area (Å²) in [5, 5.41) is 8.01. The molecule has 2 aliphatic carbocycles. The molecule has 0 saturated heterocycles. The highest BCUT2D eigenvalue weighted by atomic mass is 35.5. The monoisotopic (exact) mass is 514 g/mol. The first-order valence-corrected chi connectivity index (χ1v) is 13.5. The van der Waals surface area contributed by atoms with Crippen LogP contribution >= 0.6 is 11.6 Å². The molecule has 1 N–H and O–H groups in total. The van der Waals surface area contributed by atoms with Crippen molar-refractivity contribution in [3.05, 3.63) is 45.8 Å². The minimum atomic E-state index is -0.293. The van der Waals surface area contributed by atoms with Crippen molar-refractivity contribution in [3.8, 4) is 0 Å². The van der Waals surface area contributed by atoms with Gasteiger partial charge in [0.15, 0.2) is 0 Å². The van der Waals surface area contributed by atoms with Gasteiger partial charge in [0, 0.05) is 30.2 Å². The summed E-state index contributed by atoms with van der Waals surface area (Å²) in [5.74, 6) is 1.66. The van der Waals surface area contributed by atoms with E-state index in [0.29, 0.717) is 34.4 Å². The third-order valence-electron chi connectivity index (χ3n) is 7.42. The second-order valence-corrected chi connectivity index (χ2v) is 12.4. The van der Waals surface area contributed by atoms with Crippen LogP contribution in [0.15, 0.2) is 22.7 Å². The van der Waals surface area contributed by atoms with E-state index in [4.69, 9.17) is 20.9 Å². The molecular weight excluding hydrogens is 476 g/mol. The van der Waals surface area contributed by atoms with E-state index in [1.54, 1.807) is 0 Å². The van der Waals surface area contributed by atoms with E-state index in [0.717, 1.165) is 48.6 Å². The topological polar surface area (TPSA) is 81.4 Å². The highest BCUT2D eigenvalue weighted by Gasteiger charge is 2.42. The van der Waals surface area contributed by atoms with Crippen molar-refractivity contribution < 1.29 is 18.8 Å². The number of amides is 1. The number of anilines is 1. The standard InChI is InChI=1S/C29H39ClN2O4/c1-17-6-10-23(22(30)12-17)31-24(33)15-20(9-11-25(34)35-5)28-26(19-7-8-19)27(32-36-28)21-13-18(14-21)16-29(2,3)4/h6,10,12,18-21H,7-9,11,13-16H2,1-5H3,(H,31,33)/t18-,20-,21+/m0/s1. The zero-order valence-electron chi connectivity index (χ0n) is 22.2. The molecule has 0 aliphatic heterocycles. The first-order valence-electron chi connectivity index (χ1n) is 13.2. The predicted molar refractivity (Wildman–Crippen MR) is 141 cm³/mol. The van der Waals surface area contributed by atoms with Crippen LogP contribution in [0.5, 0.6) is 0 Å². The highest BCUT2D eigenvalue weighted by molar-refractivity contribution is 6.33. The first-order chi connectivity index (χ1) is 17.0. The van der Waals surface area contributed by atoms with E-state index in [1.807, 2.05) is 25.1 Å². The van der Waals surface area contributed by atoms with Crippen LogP contribution in [0.4, 0.5) is 5.69 Å². The second kappa shape index (κ2) is 11.0. The molecule has 4 rings (SSSR count). The number of aryl methyl sites for hydroxylation is 1. The second-order valence-electron chi connectivity index (χ2n) is 12.0. The largest absolute Gasteiger partial charge is 0.469 e. The van der Waals surface area contributed by atoms with E-state index in [2.05, 4.69) is 31.2 Å². The molecule has 2 aromatic rings. The summed E-state index contributed by atoms with van der Waals surface area (Å²) in [4.78, 5) is 25.0. The van der Waals surface area contributed by atoms with E-state index >= 15 is 0 Å². The number of benzene rings is 1. The Labute approximate surface area is 219 Å². The Hall–Kier alpha value is -2.34. The molecule has 0 bridgehead atoms. The minimum absolute atomic E-state index is 0.163. The normalized spacial score (nSPS) is 20.5. The van der Waals surface area contributed by atoms with Gasteiger partial charge in [-0.2, -0.15) is 0 Å². The van der Waals surface area contributed by atoms with Crippen LogP contribution in [0.2, 0.25) is 5.02 Å². The Kier molecular flexibility index (Phi) is 8.13. The Morgan fingerprint density at radius 2 is 1.94 bits per heavy atom. The number of halogens is 1. The van der Waals surface area contributed by atoms with Gasteiger partial charge in [-0.15, -0.1) is 0 Å². The SMILES string of the molecule is COC(=O)CC[C@@H](CC(=O)Nc1ccc(C)cc1Cl)c1onc([C@H]2C[C@@H](CC(C)(C)C)C2)c1C1CC1. The molecule has 2 fully saturated rings. The van der Waals surface area contributed by atoms with Crippen LogP contribution in [-0.2, 0) is 14.3 Å². The van der Waals surface area contributed by atoms with Crippen molar-refractivity contribution in [1.82, 2.24) is 5.16 Å². The number of hydrogen-bond acceptors (Lipinski definition) is 5. The van der Waals surface area contributed by atoms with Crippen molar-refractivity contribution >= 4 is 29.2 Å². The van der Waals surface area contributed by atoms with Crippen molar-refractivity contribution in [2.45, 2.75) is 96.8 Å².